The fourth-order valence-corrected chi connectivity index (χ4v) is 4.53. The molecule has 0 unspecified atom stereocenters. The molecule has 166 valence electrons. The average molecular weight is 435 g/mol. The lowest BCUT2D eigenvalue weighted by Gasteiger charge is -2.37. The van der Waals surface area contributed by atoms with Crippen LogP contribution in [0.5, 0.6) is 0 Å². The number of nitrogens with zero attached hydrogens (tertiary/aromatic N) is 1. The summed E-state index contributed by atoms with van der Waals surface area (Å²) >= 11 is 0. The van der Waals surface area contributed by atoms with E-state index in [-0.39, 0.29) is 17.7 Å². The van der Waals surface area contributed by atoms with E-state index in [0.29, 0.717) is 25.2 Å². The van der Waals surface area contributed by atoms with Crippen molar-refractivity contribution in [2.45, 2.75) is 32.4 Å². The molecule has 3 aromatic carbocycles. The molecule has 1 amide bonds. The lowest BCUT2D eigenvalue weighted by molar-refractivity contribution is -0.127. The molecule has 0 aromatic heterocycles. The van der Waals surface area contributed by atoms with Crippen molar-refractivity contribution in [1.82, 2.24) is 10.2 Å². The maximum atomic E-state index is 13.7. The zero-order valence-electron chi connectivity index (χ0n) is 18.2. The summed E-state index contributed by atoms with van der Waals surface area (Å²) in [6.07, 6.45) is 0.762. The molecule has 2 atom stereocenters. The van der Waals surface area contributed by atoms with Crippen LogP contribution in [0.2, 0.25) is 0 Å². The van der Waals surface area contributed by atoms with Crippen LogP contribution in [0.25, 0.3) is 0 Å². The van der Waals surface area contributed by atoms with Gasteiger partial charge in [0, 0.05) is 26.2 Å². The number of nitrogens with one attached hydrogen (secondary N) is 1. The molecule has 0 aliphatic carbocycles. The van der Waals surface area contributed by atoms with Gasteiger partial charge in [0.15, 0.2) is 11.6 Å². The highest BCUT2D eigenvalue weighted by Crippen LogP contribution is 2.31. The lowest BCUT2D eigenvalue weighted by atomic mass is 9.84. The number of benzene rings is 3. The summed E-state index contributed by atoms with van der Waals surface area (Å²) in [5.74, 6) is -1.63. The van der Waals surface area contributed by atoms with Gasteiger partial charge in [-0.1, -0.05) is 66.2 Å². The van der Waals surface area contributed by atoms with Gasteiger partial charge in [0.25, 0.3) is 0 Å². The molecule has 1 aliphatic rings. The SMILES string of the molecule is Cc1cccc(CNC(=O)[C@H]2C[C@H](c3ccccc3)CN(Cc3ccc(F)c(F)c3)C2)c1. The lowest BCUT2D eigenvalue weighted by Crippen LogP contribution is -2.45. The van der Waals surface area contributed by atoms with Crippen molar-refractivity contribution in [3.05, 3.63) is 107 Å². The monoisotopic (exact) mass is 434 g/mol. The van der Waals surface area contributed by atoms with Crippen molar-refractivity contribution in [3.8, 4) is 0 Å². The van der Waals surface area contributed by atoms with Gasteiger partial charge in [0.05, 0.1) is 5.92 Å². The van der Waals surface area contributed by atoms with Gasteiger partial charge in [-0.15, -0.1) is 0 Å². The molecule has 0 radical (unpaired) electrons. The fraction of sp³-hybridized carbons (Fsp3) is 0.296. The van der Waals surface area contributed by atoms with Crippen LogP contribution in [0.3, 0.4) is 0 Å². The van der Waals surface area contributed by atoms with Gasteiger partial charge in [0.1, 0.15) is 0 Å². The average Bonchev–Trinajstić information content (AvgIpc) is 2.80. The third-order valence-electron chi connectivity index (χ3n) is 6.11. The minimum absolute atomic E-state index is 0.0300. The fourth-order valence-electron chi connectivity index (χ4n) is 4.53. The number of carbonyl (C=O) groups is 1. The molecule has 1 fully saturated rings. The molecule has 1 heterocycles. The number of amides is 1. The quantitative estimate of drug-likeness (QED) is 0.579. The Hall–Kier alpha value is -3.05. The van der Waals surface area contributed by atoms with E-state index in [0.717, 1.165) is 30.2 Å². The molecule has 5 heteroatoms. The summed E-state index contributed by atoms with van der Waals surface area (Å²) in [6.45, 7) is 4.36. The summed E-state index contributed by atoms with van der Waals surface area (Å²) in [5, 5.41) is 3.09. The summed E-state index contributed by atoms with van der Waals surface area (Å²) in [7, 11) is 0. The van der Waals surface area contributed by atoms with Gasteiger partial charge in [-0.25, -0.2) is 8.78 Å². The molecule has 0 bridgehead atoms. The molecular weight excluding hydrogens is 406 g/mol. The Kier molecular flexibility index (Phi) is 6.96. The van der Waals surface area contributed by atoms with Crippen LogP contribution < -0.4 is 5.32 Å². The van der Waals surface area contributed by atoms with Gasteiger partial charge < -0.3 is 5.32 Å². The maximum absolute atomic E-state index is 13.7. The van der Waals surface area contributed by atoms with Crippen LogP contribution in [-0.2, 0) is 17.9 Å². The number of piperidine rings is 1. The van der Waals surface area contributed by atoms with Gasteiger partial charge in [0.2, 0.25) is 5.91 Å². The predicted octanol–water partition coefficient (Wildman–Crippen LogP) is 5.20. The molecule has 4 rings (SSSR count). The number of hydrogen-bond acceptors (Lipinski definition) is 2. The minimum atomic E-state index is -0.844. The van der Waals surface area contributed by atoms with Crippen LogP contribution in [0.15, 0.2) is 72.8 Å². The second-order valence-electron chi connectivity index (χ2n) is 8.69. The highest BCUT2D eigenvalue weighted by atomic mass is 19.2. The van der Waals surface area contributed by atoms with Crippen LogP contribution in [0.1, 0.15) is 34.6 Å². The Balaban J connectivity index is 1.48. The molecular formula is C27H28F2N2O. The summed E-state index contributed by atoms with van der Waals surface area (Å²) in [6, 6.07) is 22.3. The zero-order chi connectivity index (χ0) is 22.5. The van der Waals surface area contributed by atoms with Crippen LogP contribution in [0, 0.1) is 24.5 Å². The number of halogens is 2. The first kappa shape index (κ1) is 22.2. The molecule has 1 aliphatic heterocycles. The number of likely N-dealkylation sites (tertiary alicyclic amines) is 1. The Morgan fingerprint density at radius 3 is 2.50 bits per heavy atom. The summed E-state index contributed by atoms with van der Waals surface area (Å²) in [4.78, 5) is 15.3. The van der Waals surface area contributed by atoms with E-state index >= 15 is 0 Å². The number of aryl methyl sites for hydroxylation is 1. The van der Waals surface area contributed by atoms with E-state index in [1.807, 2.05) is 43.3 Å². The van der Waals surface area contributed by atoms with E-state index in [9.17, 15) is 13.6 Å². The van der Waals surface area contributed by atoms with Gasteiger partial charge in [-0.3, -0.25) is 9.69 Å². The van der Waals surface area contributed by atoms with Gasteiger partial charge in [-0.05, 0) is 48.1 Å². The van der Waals surface area contributed by atoms with Crippen molar-refractivity contribution in [3.63, 3.8) is 0 Å². The van der Waals surface area contributed by atoms with Crippen molar-refractivity contribution in [2.24, 2.45) is 5.92 Å². The largest absolute Gasteiger partial charge is 0.352 e. The molecule has 0 saturated carbocycles. The first-order valence-corrected chi connectivity index (χ1v) is 11.0. The van der Waals surface area contributed by atoms with E-state index in [1.54, 1.807) is 6.07 Å². The van der Waals surface area contributed by atoms with Crippen LogP contribution in [0.4, 0.5) is 8.78 Å². The number of rotatable bonds is 6. The van der Waals surface area contributed by atoms with E-state index in [1.165, 1.54) is 11.6 Å². The normalized spacial score (nSPS) is 19.0. The Morgan fingerprint density at radius 2 is 1.75 bits per heavy atom. The van der Waals surface area contributed by atoms with Crippen molar-refractivity contribution >= 4 is 5.91 Å². The van der Waals surface area contributed by atoms with E-state index < -0.39 is 11.6 Å². The molecule has 1 N–H and O–H groups in total. The predicted molar refractivity (Wildman–Crippen MR) is 122 cm³/mol. The van der Waals surface area contributed by atoms with Crippen molar-refractivity contribution < 1.29 is 13.6 Å². The standard InChI is InChI=1S/C27H28F2N2O/c1-19-6-5-7-20(12-19)15-30-27(32)24-14-23(22-8-3-2-4-9-22)17-31(18-24)16-21-10-11-25(28)26(29)13-21/h2-13,23-24H,14-18H2,1H3,(H,30,32)/t23-,24-/m0/s1. The third-order valence-corrected chi connectivity index (χ3v) is 6.11. The van der Waals surface area contributed by atoms with E-state index in [4.69, 9.17) is 0 Å². The summed E-state index contributed by atoms with van der Waals surface area (Å²) in [5.41, 5.74) is 4.14. The Labute approximate surface area is 188 Å². The first-order valence-electron chi connectivity index (χ1n) is 11.0. The highest BCUT2D eigenvalue weighted by molar-refractivity contribution is 5.79. The van der Waals surface area contributed by atoms with Crippen molar-refractivity contribution in [1.29, 1.82) is 0 Å². The highest BCUT2D eigenvalue weighted by Gasteiger charge is 2.32. The number of carbonyl (C=O) groups excluding carboxylic acids is 1. The number of hydrogen-bond donors (Lipinski definition) is 1. The summed E-state index contributed by atoms with van der Waals surface area (Å²) < 4.78 is 27.0. The van der Waals surface area contributed by atoms with Gasteiger partial charge >= 0.3 is 0 Å². The maximum Gasteiger partial charge on any atom is 0.224 e. The van der Waals surface area contributed by atoms with Crippen LogP contribution >= 0.6 is 0 Å². The molecule has 3 nitrogen and oxygen atoms in total. The topological polar surface area (TPSA) is 32.3 Å². The minimum Gasteiger partial charge on any atom is -0.352 e. The Bertz CT molecular complexity index is 1070. The van der Waals surface area contributed by atoms with Gasteiger partial charge in [-0.2, -0.15) is 0 Å². The van der Waals surface area contributed by atoms with E-state index in [2.05, 4.69) is 28.4 Å². The third kappa shape index (κ3) is 5.60. The zero-order valence-corrected chi connectivity index (χ0v) is 18.2. The van der Waals surface area contributed by atoms with Crippen molar-refractivity contribution in [2.75, 3.05) is 13.1 Å². The molecule has 3 aromatic rings. The Morgan fingerprint density at radius 1 is 0.938 bits per heavy atom. The molecule has 0 spiro atoms. The first-order chi connectivity index (χ1) is 15.5. The smallest absolute Gasteiger partial charge is 0.224 e. The van der Waals surface area contributed by atoms with Crippen LogP contribution in [-0.4, -0.2) is 23.9 Å². The molecule has 1 saturated heterocycles. The molecule has 32 heavy (non-hydrogen) atoms. The second-order valence-corrected chi connectivity index (χ2v) is 8.69. The second kappa shape index (κ2) is 10.0.